The zero-order valence-corrected chi connectivity index (χ0v) is 18.7. The molecule has 0 radical (unpaired) electrons. The number of hydrazone groups is 1. The van der Waals surface area contributed by atoms with Crippen LogP contribution in [0.1, 0.15) is 27.0 Å². The van der Waals surface area contributed by atoms with Crippen LogP contribution >= 0.6 is 15.9 Å². The Labute approximate surface area is 189 Å². The third-order valence-electron chi connectivity index (χ3n) is 4.48. The average molecular weight is 481 g/mol. The van der Waals surface area contributed by atoms with E-state index < -0.39 is 5.97 Å². The zero-order chi connectivity index (χ0) is 22.2. The highest BCUT2D eigenvalue weighted by atomic mass is 79.9. The van der Waals surface area contributed by atoms with Crippen molar-refractivity contribution in [1.82, 2.24) is 5.43 Å². The number of rotatable bonds is 7. The van der Waals surface area contributed by atoms with Crippen LogP contribution in [0.2, 0.25) is 0 Å². The van der Waals surface area contributed by atoms with Crippen molar-refractivity contribution in [3.05, 3.63) is 93.5 Å². The summed E-state index contributed by atoms with van der Waals surface area (Å²) in [5.74, 6) is 0.181. The third kappa shape index (κ3) is 6.26. The summed E-state index contributed by atoms with van der Waals surface area (Å²) < 4.78 is 11.6. The van der Waals surface area contributed by atoms with Gasteiger partial charge in [-0.3, -0.25) is 4.79 Å². The molecule has 0 aromatic heterocycles. The van der Waals surface area contributed by atoms with Gasteiger partial charge in [0, 0.05) is 4.47 Å². The van der Waals surface area contributed by atoms with Crippen molar-refractivity contribution >= 4 is 34.0 Å². The van der Waals surface area contributed by atoms with Gasteiger partial charge in [-0.25, -0.2) is 10.2 Å². The monoisotopic (exact) mass is 480 g/mol. The molecule has 0 fully saturated rings. The van der Waals surface area contributed by atoms with Gasteiger partial charge in [-0.2, -0.15) is 5.10 Å². The maximum Gasteiger partial charge on any atom is 0.344 e. The number of halogens is 1. The van der Waals surface area contributed by atoms with E-state index in [1.54, 1.807) is 42.5 Å². The number of hydrogen-bond acceptors (Lipinski definition) is 5. The van der Waals surface area contributed by atoms with E-state index in [9.17, 15) is 9.59 Å². The molecule has 31 heavy (non-hydrogen) atoms. The highest BCUT2D eigenvalue weighted by Gasteiger charge is 2.12. The molecule has 0 aliphatic heterocycles. The van der Waals surface area contributed by atoms with Gasteiger partial charge in [0.15, 0.2) is 6.61 Å². The average Bonchev–Trinajstić information content (AvgIpc) is 2.75. The number of nitrogens with one attached hydrogen (secondary N) is 1. The smallest absolute Gasteiger partial charge is 0.344 e. The standard InChI is InChI=1S/C24H21BrN2O4/c1-16-7-5-12-22(17(16)2)30-15-23(28)27-26-14-18-8-6-9-19(13-18)31-24(29)20-10-3-4-11-21(20)25/h3-14H,15H2,1-2H3,(H,27,28)/b26-14-. The van der Waals surface area contributed by atoms with Gasteiger partial charge in [0.2, 0.25) is 0 Å². The first-order valence-corrected chi connectivity index (χ1v) is 10.3. The minimum absolute atomic E-state index is 0.148. The predicted molar refractivity (Wildman–Crippen MR) is 123 cm³/mol. The summed E-state index contributed by atoms with van der Waals surface area (Å²) in [6.45, 7) is 3.78. The van der Waals surface area contributed by atoms with Crippen molar-refractivity contribution in [3.8, 4) is 11.5 Å². The number of carbonyl (C=O) groups excluding carboxylic acids is 2. The molecule has 1 N–H and O–H groups in total. The summed E-state index contributed by atoms with van der Waals surface area (Å²) in [6.07, 6.45) is 1.46. The number of aryl methyl sites for hydroxylation is 1. The lowest BCUT2D eigenvalue weighted by Crippen LogP contribution is -2.24. The first-order chi connectivity index (χ1) is 14.9. The topological polar surface area (TPSA) is 77.0 Å². The number of hydrogen-bond donors (Lipinski definition) is 1. The van der Waals surface area contributed by atoms with Crippen LogP contribution < -0.4 is 14.9 Å². The Hall–Kier alpha value is -3.45. The molecule has 0 atom stereocenters. The van der Waals surface area contributed by atoms with E-state index >= 15 is 0 Å². The van der Waals surface area contributed by atoms with Crippen molar-refractivity contribution in [2.45, 2.75) is 13.8 Å². The number of carbonyl (C=O) groups is 2. The Balaban J connectivity index is 1.54. The maximum absolute atomic E-state index is 12.3. The number of esters is 1. The lowest BCUT2D eigenvalue weighted by atomic mass is 10.1. The Bertz CT molecular complexity index is 1130. The fraction of sp³-hybridized carbons (Fsp3) is 0.125. The molecule has 3 aromatic rings. The van der Waals surface area contributed by atoms with Gasteiger partial charge >= 0.3 is 5.97 Å². The summed E-state index contributed by atoms with van der Waals surface area (Å²) in [5.41, 5.74) is 5.60. The van der Waals surface area contributed by atoms with Crippen LogP contribution in [0, 0.1) is 13.8 Å². The molecular weight excluding hydrogens is 460 g/mol. The molecule has 0 heterocycles. The molecule has 7 heteroatoms. The van der Waals surface area contributed by atoms with Crippen LogP contribution in [0.5, 0.6) is 11.5 Å². The Morgan fingerprint density at radius 1 is 1.03 bits per heavy atom. The van der Waals surface area contributed by atoms with E-state index in [1.165, 1.54) is 6.21 Å². The lowest BCUT2D eigenvalue weighted by Gasteiger charge is -2.09. The van der Waals surface area contributed by atoms with Crippen LogP contribution in [-0.4, -0.2) is 24.7 Å². The Kier molecular flexibility index (Phi) is 7.56. The molecule has 158 valence electrons. The highest BCUT2D eigenvalue weighted by molar-refractivity contribution is 9.10. The molecule has 3 aromatic carbocycles. The zero-order valence-electron chi connectivity index (χ0n) is 17.1. The number of nitrogens with zero attached hydrogens (tertiary/aromatic N) is 1. The second kappa shape index (κ2) is 10.5. The second-order valence-electron chi connectivity index (χ2n) is 6.72. The Morgan fingerprint density at radius 3 is 2.61 bits per heavy atom. The van der Waals surface area contributed by atoms with E-state index in [0.717, 1.165) is 11.1 Å². The van der Waals surface area contributed by atoms with Gasteiger partial charge in [-0.1, -0.05) is 36.4 Å². The van der Waals surface area contributed by atoms with Crippen LogP contribution in [0.3, 0.4) is 0 Å². The van der Waals surface area contributed by atoms with E-state index in [0.29, 0.717) is 27.1 Å². The first kappa shape index (κ1) is 22.2. The summed E-state index contributed by atoms with van der Waals surface area (Å²) in [4.78, 5) is 24.3. The van der Waals surface area contributed by atoms with E-state index in [4.69, 9.17) is 9.47 Å². The van der Waals surface area contributed by atoms with Crippen molar-refractivity contribution in [1.29, 1.82) is 0 Å². The largest absolute Gasteiger partial charge is 0.483 e. The Morgan fingerprint density at radius 2 is 1.81 bits per heavy atom. The van der Waals surface area contributed by atoms with Crippen molar-refractivity contribution in [2.75, 3.05) is 6.61 Å². The van der Waals surface area contributed by atoms with Gasteiger partial charge in [0.1, 0.15) is 11.5 Å². The quantitative estimate of drug-likeness (QED) is 0.227. The van der Waals surface area contributed by atoms with Gasteiger partial charge in [0.05, 0.1) is 11.8 Å². The molecule has 3 rings (SSSR count). The molecule has 0 bridgehead atoms. The van der Waals surface area contributed by atoms with Gasteiger partial charge in [-0.15, -0.1) is 0 Å². The molecule has 0 unspecified atom stereocenters. The van der Waals surface area contributed by atoms with Crippen molar-refractivity contribution in [2.24, 2.45) is 5.10 Å². The van der Waals surface area contributed by atoms with E-state index in [2.05, 4.69) is 26.5 Å². The molecule has 0 spiro atoms. The summed E-state index contributed by atoms with van der Waals surface area (Å²) in [6, 6.07) is 19.5. The van der Waals surface area contributed by atoms with Gasteiger partial charge < -0.3 is 9.47 Å². The third-order valence-corrected chi connectivity index (χ3v) is 5.17. The maximum atomic E-state index is 12.3. The fourth-order valence-electron chi connectivity index (χ4n) is 2.68. The second-order valence-corrected chi connectivity index (χ2v) is 7.58. The number of benzene rings is 3. The molecule has 1 amide bonds. The minimum atomic E-state index is -0.474. The highest BCUT2D eigenvalue weighted by Crippen LogP contribution is 2.21. The predicted octanol–water partition coefficient (Wildman–Crippen LogP) is 4.81. The van der Waals surface area contributed by atoms with Crippen LogP contribution in [0.25, 0.3) is 0 Å². The number of ether oxygens (including phenoxy) is 2. The molecule has 0 aliphatic carbocycles. The van der Waals surface area contributed by atoms with Gasteiger partial charge in [-0.05, 0) is 76.8 Å². The molecular formula is C24H21BrN2O4. The van der Waals surface area contributed by atoms with Crippen LogP contribution in [0.15, 0.2) is 76.3 Å². The first-order valence-electron chi connectivity index (χ1n) is 9.52. The normalized spacial score (nSPS) is 10.7. The summed E-state index contributed by atoms with van der Waals surface area (Å²) >= 11 is 3.33. The van der Waals surface area contributed by atoms with E-state index in [1.807, 2.05) is 38.1 Å². The molecule has 0 aliphatic rings. The van der Waals surface area contributed by atoms with Crippen molar-refractivity contribution < 1.29 is 19.1 Å². The molecule has 0 saturated carbocycles. The summed E-state index contributed by atoms with van der Waals surface area (Å²) in [5, 5.41) is 3.93. The van der Waals surface area contributed by atoms with Crippen LogP contribution in [-0.2, 0) is 4.79 Å². The SMILES string of the molecule is Cc1cccc(OCC(=O)N/N=C\c2cccc(OC(=O)c3ccccc3Br)c2)c1C. The lowest BCUT2D eigenvalue weighted by molar-refractivity contribution is -0.123. The van der Waals surface area contributed by atoms with Gasteiger partial charge in [0.25, 0.3) is 5.91 Å². The molecule has 6 nitrogen and oxygen atoms in total. The molecule has 0 saturated heterocycles. The summed E-state index contributed by atoms with van der Waals surface area (Å²) in [7, 11) is 0. The fourth-order valence-corrected chi connectivity index (χ4v) is 3.13. The van der Waals surface area contributed by atoms with Crippen molar-refractivity contribution in [3.63, 3.8) is 0 Å². The van der Waals surface area contributed by atoms with Crippen LogP contribution in [0.4, 0.5) is 0 Å². The minimum Gasteiger partial charge on any atom is -0.483 e. The van der Waals surface area contributed by atoms with E-state index in [-0.39, 0.29) is 12.5 Å². The number of amides is 1.